The number of ether oxygens (including phenoxy) is 1. The summed E-state index contributed by atoms with van der Waals surface area (Å²) in [6, 6.07) is 13.1. The molecule has 1 heterocycles. The van der Waals surface area contributed by atoms with Gasteiger partial charge in [0, 0.05) is 11.8 Å². The molecule has 3 N–H and O–H groups in total. The highest BCUT2D eigenvalue weighted by Gasteiger charge is 2.22. The molecule has 32 heavy (non-hydrogen) atoms. The first kappa shape index (κ1) is 22.2. The quantitative estimate of drug-likeness (QED) is 0.399. The molecule has 0 radical (unpaired) electrons. The molecule has 1 amide bonds. The highest BCUT2D eigenvalue weighted by atomic mass is 32.2. The number of carboxylic acids is 1. The summed E-state index contributed by atoms with van der Waals surface area (Å²) < 4.78 is 5.72. The summed E-state index contributed by atoms with van der Waals surface area (Å²) in [6.07, 6.45) is 5.35. The maximum atomic E-state index is 12.8. The van der Waals surface area contributed by atoms with Crippen LogP contribution in [0.2, 0.25) is 0 Å². The smallest absolute Gasteiger partial charge is 0.335 e. The summed E-state index contributed by atoms with van der Waals surface area (Å²) in [5.41, 5.74) is 3.08. The summed E-state index contributed by atoms with van der Waals surface area (Å²) in [6.45, 7) is 0.453. The van der Waals surface area contributed by atoms with E-state index in [9.17, 15) is 14.7 Å². The lowest BCUT2D eigenvalue weighted by molar-refractivity contribution is 0.0696. The van der Waals surface area contributed by atoms with Crippen molar-refractivity contribution in [2.75, 3.05) is 29.2 Å². The fourth-order valence-corrected chi connectivity index (χ4v) is 4.63. The van der Waals surface area contributed by atoms with Crippen molar-refractivity contribution in [2.24, 2.45) is 0 Å². The Morgan fingerprint density at radius 3 is 2.66 bits per heavy atom. The van der Waals surface area contributed by atoms with Gasteiger partial charge in [-0.1, -0.05) is 35.6 Å². The average Bonchev–Trinajstić information content (AvgIpc) is 3.41. The number of thiazole rings is 1. The highest BCUT2D eigenvalue weighted by molar-refractivity contribution is 7.98. The molecule has 1 aliphatic carbocycles. The Balaban J connectivity index is 1.43. The molecule has 2 aromatic carbocycles. The first-order valence-corrected chi connectivity index (χ1v) is 12.3. The van der Waals surface area contributed by atoms with Crippen molar-refractivity contribution in [1.29, 1.82) is 0 Å². The molecular weight excluding hydrogens is 446 g/mol. The topological polar surface area (TPSA) is 101 Å². The third-order valence-electron chi connectivity index (χ3n) is 5.13. The minimum absolute atomic E-state index is 0.0741. The van der Waals surface area contributed by atoms with Gasteiger partial charge in [0.1, 0.15) is 10.6 Å². The number of hydrogen-bond donors (Lipinski definition) is 3. The summed E-state index contributed by atoms with van der Waals surface area (Å²) >= 11 is 2.91. The predicted molar refractivity (Wildman–Crippen MR) is 129 cm³/mol. The summed E-state index contributed by atoms with van der Waals surface area (Å²) in [7, 11) is 0. The van der Waals surface area contributed by atoms with Crippen LogP contribution in [0.4, 0.5) is 10.8 Å². The number of carboxylic acid groups (broad SMARTS) is 1. The van der Waals surface area contributed by atoms with Crippen molar-refractivity contribution in [3.05, 3.63) is 70.2 Å². The van der Waals surface area contributed by atoms with Gasteiger partial charge in [-0.3, -0.25) is 4.79 Å². The van der Waals surface area contributed by atoms with Gasteiger partial charge in [0.05, 0.1) is 24.1 Å². The minimum atomic E-state index is -1.07. The fraction of sp³-hybridized carbons (Fsp3) is 0.261. The van der Waals surface area contributed by atoms with Gasteiger partial charge in [-0.2, -0.15) is 11.8 Å². The second-order valence-corrected chi connectivity index (χ2v) is 9.38. The number of hydrogen-bond acceptors (Lipinski definition) is 7. The Kier molecular flexibility index (Phi) is 6.96. The normalized spacial score (nSPS) is 12.9. The Morgan fingerprint density at radius 1 is 1.22 bits per heavy atom. The Morgan fingerprint density at radius 2 is 1.97 bits per heavy atom. The molecule has 0 saturated carbocycles. The number of amides is 1. The number of anilines is 2. The molecule has 4 rings (SSSR count). The van der Waals surface area contributed by atoms with Crippen LogP contribution in [0.3, 0.4) is 0 Å². The number of fused-ring (bicyclic) bond motifs is 1. The van der Waals surface area contributed by atoms with Crippen LogP contribution in [0.5, 0.6) is 5.75 Å². The minimum Gasteiger partial charge on any atom is -0.491 e. The lowest BCUT2D eigenvalue weighted by Gasteiger charge is -2.13. The maximum absolute atomic E-state index is 12.8. The summed E-state index contributed by atoms with van der Waals surface area (Å²) in [5.74, 6) is -0.215. The molecule has 0 spiro atoms. The summed E-state index contributed by atoms with van der Waals surface area (Å²) in [4.78, 5) is 29.0. The van der Waals surface area contributed by atoms with E-state index in [2.05, 4.69) is 27.8 Å². The zero-order valence-electron chi connectivity index (χ0n) is 17.5. The lowest BCUT2D eigenvalue weighted by atomic mass is 10.1. The van der Waals surface area contributed by atoms with Gasteiger partial charge < -0.3 is 20.5 Å². The number of aromatic carboxylic acids is 1. The summed E-state index contributed by atoms with van der Waals surface area (Å²) in [5, 5.41) is 16.2. The second kappa shape index (κ2) is 10.1. The first-order chi connectivity index (χ1) is 15.5. The van der Waals surface area contributed by atoms with Gasteiger partial charge in [0.15, 0.2) is 5.13 Å². The van der Waals surface area contributed by atoms with Gasteiger partial charge in [-0.15, -0.1) is 0 Å². The van der Waals surface area contributed by atoms with Gasteiger partial charge in [0.25, 0.3) is 5.91 Å². The van der Waals surface area contributed by atoms with E-state index in [1.165, 1.54) is 40.8 Å². The largest absolute Gasteiger partial charge is 0.491 e. The molecule has 0 atom stereocenters. The van der Waals surface area contributed by atoms with Crippen LogP contribution in [0, 0.1) is 0 Å². The zero-order valence-corrected chi connectivity index (χ0v) is 19.1. The zero-order chi connectivity index (χ0) is 22.5. The van der Waals surface area contributed by atoms with Crippen molar-refractivity contribution < 1.29 is 19.4 Å². The number of thioether (sulfide) groups is 1. The molecule has 1 aromatic heterocycles. The highest BCUT2D eigenvalue weighted by Crippen LogP contribution is 2.29. The van der Waals surface area contributed by atoms with E-state index < -0.39 is 5.97 Å². The standard InChI is InChI=1S/C23H23N3O4S2/c1-31-9-8-30-19-7-6-16(22(28)29)12-18(19)26-21(27)20-13-24-23(32-20)25-17-10-14-4-2-3-5-15(14)11-17/h2-7,12-13,17H,8-11H2,1H3,(H,24,25)(H,26,27)(H,28,29). The van der Waals surface area contributed by atoms with Gasteiger partial charge >= 0.3 is 5.97 Å². The van der Waals surface area contributed by atoms with Gasteiger partial charge in [0.2, 0.25) is 0 Å². The molecule has 0 aliphatic heterocycles. The van der Waals surface area contributed by atoms with Crippen LogP contribution >= 0.6 is 23.1 Å². The maximum Gasteiger partial charge on any atom is 0.335 e. The average molecular weight is 470 g/mol. The van der Waals surface area contributed by atoms with E-state index in [1.54, 1.807) is 17.8 Å². The SMILES string of the molecule is CSCCOc1ccc(C(=O)O)cc1NC(=O)c1cnc(NC2Cc3ccccc3C2)s1. The molecule has 0 fully saturated rings. The van der Waals surface area contributed by atoms with Crippen LogP contribution in [-0.2, 0) is 12.8 Å². The number of carbonyl (C=O) groups excluding carboxylic acids is 1. The van der Waals surface area contributed by atoms with Crippen molar-refractivity contribution >= 4 is 45.8 Å². The van der Waals surface area contributed by atoms with E-state index >= 15 is 0 Å². The van der Waals surface area contributed by atoms with Gasteiger partial charge in [-0.25, -0.2) is 9.78 Å². The fourth-order valence-electron chi connectivity index (χ4n) is 3.59. The monoisotopic (exact) mass is 469 g/mol. The number of nitrogens with one attached hydrogen (secondary N) is 2. The Labute approximate surface area is 194 Å². The molecule has 0 bridgehead atoms. The third kappa shape index (κ3) is 5.23. The Bertz CT molecular complexity index is 1110. The van der Waals surface area contributed by atoms with Crippen LogP contribution < -0.4 is 15.4 Å². The molecule has 1 aliphatic rings. The second-order valence-electron chi connectivity index (χ2n) is 7.36. The molecular formula is C23H23N3O4S2. The number of rotatable bonds is 9. The molecule has 9 heteroatoms. The number of nitrogens with zero attached hydrogens (tertiary/aromatic N) is 1. The van der Waals surface area contributed by atoms with E-state index in [0.717, 1.165) is 18.6 Å². The van der Waals surface area contributed by atoms with Crippen molar-refractivity contribution in [1.82, 2.24) is 4.98 Å². The molecule has 7 nitrogen and oxygen atoms in total. The van der Waals surface area contributed by atoms with Crippen LogP contribution in [-0.4, -0.2) is 46.6 Å². The third-order valence-corrected chi connectivity index (χ3v) is 6.63. The van der Waals surface area contributed by atoms with Crippen molar-refractivity contribution in [2.45, 2.75) is 18.9 Å². The van der Waals surface area contributed by atoms with E-state index in [0.29, 0.717) is 28.1 Å². The van der Waals surface area contributed by atoms with Crippen molar-refractivity contribution in [3.8, 4) is 5.75 Å². The van der Waals surface area contributed by atoms with Crippen LogP contribution in [0.15, 0.2) is 48.7 Å². The molecule has 3 aromatic rings. The number of benzene rings is 2. The van der Waals surface area contributed by atoms with Crippen LogP contribution in [0.25, 0.3) is 0 Å². The van der Waals surface area contributed by atoms with Crippen molar-refractivity contribution in [3.63, 3.8) is 0 Å². The van der Waals surface area contributed by atoms with Crippen LogP contribution in [0.1, 0.15) is 31.2 Å². The molecule has 166 valence electrons. The van der Waals surface area contributed by atoms with Gasteiger partial charge in [-0.05, 0) is 48.4 Å². The number of carbonyl (C=O) groups is 2. The van der Waals surface area contributed by atoms with E-state index in [1.807, 2.05) is 18.4 Å². The Hall–Kier alpha value is -3.04. The predicted octanol–water partition coefficient (Wildman–Crippen LogP) is 4.41. The molecule has 0 unspecified atom stereocenters. The molecule has 0 saturated heterocycles. The lowest BCUT2D eigenvalue weighted by Crippen LogP contribution is -2.19. The van der Waals surface area contributed by atoms with E-state index in [-0.39, 0.29) is 17.5 Å². The first-order valence-electron chi connectivity index (χ1n) is 10.1. The van der Waals surface area contributed by atoms with E-state index in [4.69, 9.17) is 4.74 Å². The number of aromatic nitrogens is 1.